The van der Waals surface area contributed by atoms with Gasteiger partial charge in [0, 0.05) is 10.6 Å². The third-order valence-electron chi connectivity index (χ3n) is 3.62. The lowest BCUT2D eigenvalue weighted by Gasteiger charge is -2.14. The van der Waals surface area contributed by atoms with E-state index in [1.807, 2.05) is 44.2 Å². The van der Waals surface area contributed by atoms with Crippen LogP contribution >= 0.6 is 11.6 Å². The van der Waals surface area contributed by atoms with Crippen LogP contribution in [0.3, 0.4) is 0 Å². The van der Waals surface area contributed by atoms with Crippen LogP contribution in [0.5, 0.6) is 17.2 Å². The minimum Gasteiger partial charge on any atom is -0.493 e. The van der Waals surface area contributed by atoms with E-state index in [1.54, 1.807) is 21.3 Å². The van der Waals surface area contributed by atoms with Crippen LogP contribution < -0.4 is 19.6 Å². The summed E-state index contributed by atoms with van der Waals surface area (Å²) in [6, 6.07) is 9.31. The smallest absolute Gasteiger partial charge is 0.203 e. The van der Waals surface area contributed by atoms with Gasteiger partial charge in [0.25, 0.3) is 0 Å². The first kappa shape index (κ1) is 17.9. The number of nitrogens with zero attached hydrogens (tertiary/aromatic N) is 1. The summed E-state index contributed by atoms with van der Waals surface area (Å²) in [5.74, 6) is 1.73. The zero-order valence-electron chi connectivity index (χ0n) is 14.4. The van der Waals surface area contributed by atoms with Gasteiger partial charge < -0.3 is 14.2 Å². The largest absolute Gasteiger partial charge is 0.493 e. The lowest BCUT2D eigenvalue weighted by Crippen LogP contribution is -2.03. The third kappa shape index (κ3) is 3.92. The summed E-state index contributed by atoms with van der Waals surface area (Å²) in [7, 11) is 4.75. The number of methoxy groups -OCH3 is 3. The molecule has 0 aliphatic heterocycles. The van der Waals surface area contributed by atoms with Crippen LogP contribution in [0.2, 0.25) is 5.02 Å². The summed E-state index contributed by atoms with van der Waals surface area (Å²) < 4.78 is 16.1. The summed E-state index contributed by atoms with van der Waals surface area (Å²) in [6.07, 6.45) is 0. The maximum Gasteiger partial charge on any atom is 0.203 e. The molecule has 0 atom stereocenters. The second kappa shape index (κ2) is 7.93. The second-order valence-corrected chi connectivity index (χ2v) is 5.62. The van der Waals surface area contributed by atoms with Crippen molar-refractivity contribution < 1.29 is 14.2 Å². The second-order valence-electron chi connectivity index (χ2n) is 5.18. The minimum absolute atomic E-state index is 0.554. The number of rotatable bonds is 6. The molecule has 0 saturated carbocycles. The number of hydrazone groups is 1. The highest BCUT2D eigenvalue weighted by atomic mass is 35.5. The van der Waals surface area contributed by atoms with Crippen molar-refractivity contribution in [2.75, 3.05) is 26.8 Å². The van der Waals surface area contributed by atoms with E-state index in [2.05, 4.69) is 10.5 Å². The van der Waals surface area contributed by atoms with Crippen LogP contribution in [0.4, 0.5) is 5.69 Å². The van der Waals surface area contributed by atoms with Crippen LogP contribution in [-0.2, 0) is 0 Å². The fourth-order valence-corrected chi connectivity index (χ4v) is 2.48. The molecule has 2 rings (SSSR count). The Bertz CT molecular complexity index is 735. The predicted molar refractivity (Wildman–Crippen MR) is 98.1 cm³/mol. The number of anilines is 1. The molecule has 2 aromatic carbocycles. The Balaban J connectivity index is 2.32. The molecule has 0 bridgehead atoms. The summed E-state index contributed by atoms with van der Waals surface area (Å²) in [5, 5.41) is 5.13. The van der Waals surface area contributed by atoms with E-state index < -0.39 is 0 Å². The summed E-state index contributed by atoms with van der Waals surface area (Å²) in [4.78, 5) is 0. The Hall–Kier alpha value is -2.40. The molecule has 0 aliphatic rings. The number of benzene rings is 2. The molecule has 128 valence electrons. The van der Waals surface area contributed by atoms with Crippen molar-refractivity contribution in [3.05, 3.63) is 46.5 Å². The first-order chi connectivity index (χ1) is 11.5. The average Bonchev–Trinajstić information content (AvgIpc) is 2.59. The van der Waals surface area contributed by atoms with Crippen molar-refractivity contribution in [1.29, 1.82) is 0 Å². The number of hydrogen-bond donors (Lipinski definition) is 1. The Kier molecular flexibility index (Phi) is 5.93. The summed E-state index contributed by atoms with van der Waals surface area (Å²) >= 11 is 5.97. The van der Waals surface area contributed by atoms with Crippen molar-refractivity contribution in [1.82, 2.24) is 0 Å². The van der Waals surface area contributed by atoms with Gasteiger partial charge in [-0.3, -0.25) is 5.43 Å². The van der Waals surface area contributed by atoms with E-state index in [4.69, 9.17) is 25.8 Å². The molecule has 6 heteroatoms. The highest BCUT2D eigenvalue weighted by Gasteiger charge is 2.14. The van der Waals surface area contributed by atoms with Crippen LogP contribution in [0.1, 0.15) is 18.1 Å². The number of nitrogens with one attached hydrogen (secondary N) is 1. The molecule has 0 saturated heterocycles. The van der Waals surface area contributed by atoms with Crippen molar-refractivity contribution in [2.45, 2.75) is 13.8 Å². The summed E-state index contributed by atoms with van der Waals surface area (Å²) in [5.41, 5.74) is 6.62. The SMILES string of the molecule is COc1cc(/C(C)=N\Nc2ccc(Cl)cc2C)cc(OC)c1OC. The Morgan fingerprint density at radius 3 is 2.12 bits per heavy atom. The van der Waals surface area contributed by atoms with Crippen molar-refractivity contribution in [3.8, 4) is 17.2 Å². The third-order valence-corrected chi connectivity index (χ3v) is 3.85. The molecule has 0 aromatic heterocycles. The van der Waals surface area contributed by atoms with Crippen LogP contribution in [0.25, 0.3) is 0 Å². The van der Waals surface area contributed by atoms with Crippen molar-refractivity contribution >= 4 is 23.0 Å². The highest BCUT2D eigenvalue weighted by molar-refractivity contribution is 6.30. The zero-order chi connectivity index (χ0) is 17.7. The van der Waals surface area contributed by atoms with Gasteiger partial charge in [0.1, 0.15) is 0 Å². The number of halogens is 1. The first-order valence-electron chi connectivity index (χ1n) is 7.37. The van der Waals surface area contributed by atoms with Gasteiger partial charge >= 0.3 is 0 Å². The van der Waals surface area contributed by atoms with Crippen LogP contribution in [0, 0.1) is 6.92 Å². The van der Waals surface area contributed by atoms with Gasteiger partial charge in [-0.05, 0) is 49.7 Å². The molecule has 0 aliphatic carbocycles. The lowest BCUT2D eigenvalue weighted by atomic mass is 10.1. The Morgan fingerprint density at radius 1 is 1.00 bits per heavy atom. The molecule has 0 amide bonds. The molecule has 0 fully saturated rings. The van der Waals surface area contributed by atoms with Gasteiger partial charge in [-0.15, -0.1) is 0 Å². The minimum atomic E-state index is 0.554. The van der Waals surface area contributed by atoms with Gasteiger partial charge in [-0.25, -0.2) is 0 Å². The molecule has 0 spiro atoms. The molecule has 5 nitrogen and oxygen atoms in total. The fraction of sp³-hybridized carbons (Fsp3) is 0.278. The van der Waals surface area contributed by atoms with Gasteiger partial charge in [0.2, 0.25) is 5.75 Å². The number of hydrogen-bond acceptors (Lipinski definition) is 5. The molecule has 0 radical (unpaired) electrons. The molecule has 0 unspecified atom stereocenters. The van der Waals surface area contributed by atoms with Gasteiger partial charge in [-0.2, -0.15) is 5.10 Å². The van der Waals surface area contributed by atoms with Crippen molar-refractivity contribution in [3.63, 3.8) is 0 Å². The van der Waals surface area contributed by atoms with E-state index in [-0.39, 0.29) is 0 Å². The van der Waals surface area contributed by atoms with E-state index in [1.165, 1.54) is 0 Å². The van der Waals surface area contributed by atoms with E-state index in [0.717, 1.165) is 22.5 Å². The molecule has 2 aromatic rings. The first-order valence-corrected chi connectivity index (χ1v) is 7.74. The maximum atomic E-state index is 5.97. The number of ether oxygens (including phenoxy) is 3. The Morgan fingerprint density at radius 2 is 1.62 bits per heavy atom. The van der Waals surface area contributed by atoms with Crippen molar-refractivity contribution in [2.24, 2.45) is 5.10 Å². The van der Waals surface area contributed by atoms with Gasteiger partial charge in [0.15, 0.2) is 11.5 Å². The van der Waals surface area contributed by atoms with E-state index >= 15 is 0 Å². The van der Waals surface area contributed by atoms with E-state index in [0.29, 0.717) is 22.3 Å². The molecular formula is C18H21ClN2O3. The topological polar surface area (TPSA) is 52.1 Å². The quantitative estimate of drug-likeness (QED) is 0.616. The molecule has 24 heavy (non-hydrogen) atoms. The fourth-order valence-electron chi connectivity index (χ4n) is 2.25. The van der Waals surface area contributed by atoms with Crippen LogP contribution in [-0.4, -0.2) is 27.0 Å². The predicted octanol–water partition coefficient (Wildman–Crippen LogP) is 4.51. The molecule has 1 N–H and O–H groups in total. The van der Waals surface area contributed by atoms with Gasteiger partial charge in [-0.1, -0.05) is 11.6 Å². The molecule has 0 heterocycles. The highest BCUT2D eigenvalue weighted by Crippen LogP contribution is 2.38. The van der Waals surface area contributed by atoms with E-state index in [9.17, 15) is 0 Å². The summed E-state index contributed by atoms with van der Waals surface area (Å²) in [6.45, 7) is 3.87. The standard InChI is InChI=1S/C18H21ClN2O3/c1-11-8-14(19)6-7-15(11)21-20-12(2)13-9-16(22-3)18(24-5)17(10-13)23-4/h6-10,21H,1-5H3/b20-12-. The normalized spacial score (nSPS) is 11.2. The van der Waals surface area contributed by atoms with Crippen LogP contribution in [0.15, 0.2) is 35.4 Å². The average molecular weight is 349 g/mol. The van der Waals surface area contributed by atoms with Gasteiger partial charge in [0.05, 0.1) is 32.7 Å². The molecular weight excluding hydrogens is 328 g/mol. The monoisotopic (exact) mass is 348 g/mol. The Labute approximate surface area is 147 Å². The zero-order valence-corrected chi connectivity index (χ0v) is 15.2. The lowest BCUT2D eigenvalue weighted by molar-refractivity contribution is 0.324. The maximum absolute atomic E-state index is 5.97. The number of aryl methyl sites for hydroxylation is 1.